The second kappa shape index (κ2) is 8.88. The van der Waals surface area contributed by atoms with Gasteiger partial charge < -0.3 is 5.32 Å². The summed E-state index contributed by atoms with van der Waals surface area (Å²) in [6.45, 7) is 6.99. The molecule has 4 rings (SSSR count). The number of hydrogen-bond donors (Lipinski definition) is 1. The van der Waals surface area contributed by atoms with Crippen LogP contribution in [0.25, 0.3) is 22.1 Å². The number of carbonyl (C=O) groups excluding carboxylic acids is 1. The highest BCUT2D eigenvalue weighted by molar-refractivity contribution is 5.81. The van der Waals surface area contributed by atoms with Crippen LogP contribution >= 0.6 is 0 Å². The maximum Gasteiger partial charge on any atom is 0.320 e. The number of alkyl halides is 2. The number of aryl methyl sites for hydroxylation is 2. The summed E-state index contributed by atoms with van der Waals surface area (Å²) >= 11 is 0. The van der Waals surface area contributed by atoms with Crippen molar-refractivity contribution >= 4 is 28.0 Å². The lowest BCUT2D eigenvalue weighted by molar-refractivity contribution is -0.121. The summed E-state index contributed by atoms with van der Waals surface area (Å²) < 4.78 is 30.2. The largest absolute Gasteiger partial charge is 0.346 e. The van der Waals surface area contributed by atoms with E-state index in [0.29, 0.717) is 17.5 Å². The lowest BCUT2D eigenvalue weighted by Crippen LogP contribution is -2.29. The fourth-order valence-corrected chi connectivity index (χ4v) is 4.33. The molecular weight excluding hydrogens is 426 g/mol. The number of nitrogens with one attached hydrogen (secondary N) is 1. The smallest absolute Gasteiger partial charge is 0.320 e. The summed E-state index contributed by atoms with van der Waals surface area (Å²) in [5.41, 5.74) is 4.59. The van der Waals surface area contributed by atoms with Gasteiger partial charge in [-0.1, -0.05) is 12.1 Å². The predicted octanol–water partition coefficient (Wildman–Crippen LogP) is 5.18. The zero-order chi connectivity index (χ0) is 23.9. The first-order valence-corrected chi connectivity index (χ1v) is 11.1. The summed E-state index contributed by atoms with van der Waals surface area (Å²) in [7, 11) is 0. The number of halogens is 2. The number of para-hydroxylation sites is 2. The number of carbonyl (C=O) groups is 1. The molecule has 0 fully saturated rings. The van der Waals surface area contributed by atoms with Crippen LogP contribution in [0.2, 0.25) is 0 Å². The van der Waals surface area contributed by atoms with Crippen LogP contribution in [0, 0.1) is 13.8 Å². The van der Waals surface area contributed by atoms with E-state index in [-0.39, 0.29) is 24.2 Å². The molecule has 0 radical (unpaired) electrons. The summed E-state index contributed by atoms with van der Waals surface area (Å²) in [4.78, 5) is 21.8. The molecule has 0 aliphatic carbocycles. The van der Waals surface area contributed by atoms with Crippen molar-refractivity contribution < 1.29 is 13.6 Å². The summed E-state index contributed by atoms with van der Waals surface area (Å²) in [6, 6.07) is 6.26. The van der Waals surface area contributed by atoms with E-state index in [1.165, 1.54) is 0 Å². The SMILES string of the molecule is Cc1nc2c(cnn2C(C)C)c(C)c1CCC(=O)NC(C)c1nc2ccccc2n1C(F)F. The van der Waals surface area contributed by atoms with Gasteiger partial charge in [-0.2, -0.15) is 13.9 Å². The van der Waals surface area contributed by atoms with Crippen molar-refractivity contribution in [2.75, 3.05) is 0 Å². The van der Waals surface area contributed by atoms with Crippen LogP contribution in [0.3, 0.4) is 0 Å². The highest BCUT2D eigenvalue weighted by Crippen LogP contribution is 2.27. The minimum Gasteiger partial charge on any atom is -0.346 e. The number of pyridine rings is 1. The van der Waals surface area contributed by atoms with Gasteiger partial charge in [0, 0.05) is 23.5 Å². The molecule has 0 saturated heterocycles. The van der Waals surface area contributed by atoms with E-state index in [1.54, 1.807) is 31.2 Å². The molecule has 1 amide bonds. The van der Waals surface area contributed by atoms with E-state index in [0.717, 1.165) is 32.4 Å². The Hall–Kier alpha value is -3.36. The van der Waals surface area contributed by atoms with Crippen LogP contribution in [0.1, 0.15) is 68.5 Å². The Labute approximate surface area is 190 Å². The first-order chi connectivity index (χ1) is 15.7. The van der Waals surface area contributed by atoms with Crippen LogP contribution in [0.4, 0.5) is 8.78 Å². The Balaban J connectivity index is 1.51. The third-order valence-corrected chi connectivity index (χ3v) is 6.01. The average molecular weight is 455 g/mol. The average Bonchev–Trinajstić information content (AvgIpc) is 3.35. The molecule has 3 aromatic heterocycles. The van der Waals surface area contributed by atoms with E-state index in [1.807, 2.05) is 24.7 Å². The van der Waals surface area contributed by atoms with E-state index < -0.39 is 12.6 Å². The number of rotatable bonds is 7. The maximum atomic E-state index is 13.7. The van der Waals surface area contributed by atoms with E-state index in [2.05, 4.69) is 29.2 Å². The van der Waals surface area contributed by atoms with Gasteiger partial charge in [0.15, 0.2) is 5.65 Å². The van der Waals surface area contributed by atoms with Crippen LogP contribution in [0.5, 0.6) is 0 Å². The van der Waals surface area contributed by atoms with Gasteiger partial charge in [0.25, 0.3) is 0 Å². The zero-order valence-corrected chi connectivity index (χ0v) is 19.4. The molecule has 33 heavy (non-hydrogen) atoms. The van der Waals surface area contributed by atoms with Crippen molar-refractivity contribution in [3.63, 3.8) is 0 Å². The topological polar surface area (TPSA) is 77.6 Å². The number of fused-ring (bicyclic) bond motifs is 2. The van der Waals surface area contributed by atoms with Crippen molar-refractivity contribution in [3.8, 4) is 0 Å². The van der Waals surface area contributed by atoms with Crippen molar-refractivity contribution in [1.29, 1.82) is 0 Å². The molecule has 0 aliphatic rings. The number of imidazole rings is 1. The molecule has 9 heteroatoms. The minimum atomic E-state index is -2.75. The molecule has 7 nitrogen and oxygen atoms in total. The molecular formula is C24H28F2N6O. The van der Waals surface area contributed by atoms with Gasteiger partial charge in [0.2, 0.25) is 5.91 Å². The summed E-state index contributed by atoms with van der Waals surface area (Å²) in [6.07, 6.45) is 2.53. The molecule has 4 aromatic rings. The van der Waals surface area contributed by atoms with Crippen LogP contribution in [0.15, 0.2) is 30.5 Å². The molecule has 0 bridgehead atoms. The molecule has 3 heterocycles. The van der Waals surface area contributed by atoms with Crippen molar-refractivity contribution in [3.05, 3.63) is 53.1 Å². The standard InChI is InChI=1S/C24H28F2N6O/c1-13(2)32-23-18(12-27-32)14(3)17(15(4)29-23)10-11-21(33)28-16(5)22-30-19-8-6-7-9-20(19)31(22)24(25)26/h6-9,12-13,16,24H,10-11H2,1-5H3,(H,28,33). The zero-order valence-electron chi connectivity index (χ0n) is 19.4. The number of nitrogens with zero attached hydrogens (tertiary/aromatic N) is 5. The Morgan fingerprint density at radius 3 is 2.55 bits per heavy atom. The number of amides is 1. The Kier molecular flexibility index (Phi) is 6.14. The number of aromatic nitrogens is 5. The second-order valence-corrected chi connectivity index (χ2v) is 8.62. The summed E-state index contributed by atoms with van der Waals surface area (Å²) in [5.74, 6) is -0.0942. The molecule has 0 aliphatic heterocycles. The predicted molar refractivity (Wildman–Crippen MR) is 123 cm³/mol. The van der Waals surface area contributed by atoms with Gasteiger partial charge in [0.05, 0.1) is 23.3 Å². The molecule has 174 valence electrons. The Morgan fingerprint density at radius 1 is 1.12 bits per heavy atom. The minimum absolute atomic E-state index is 0.135. The van der Waals surface area contributed by atoms with Gasteiger partial charge in [-0.3, -0.25) is 9.36 Å². The fraction of sp³-hybridized carbons (Fsp3) is 0.417. The molecule has 1 atom stereocenters. The quantitative estimate of drug-likeness (QED) is 0.417. The third kappa shape index (κ3) is 4.19. The van der Waals surface area contributed by atoms with Gasteiger partial charge in [-0.25, -0.2) is 14.6 Å². The number of hydrogen-bond acceptors (Lipinski definition) is 4. The lowest BCUT2D eigenvalue weighted by atomic mass is 10.00. The highest BCUT2D eigenvalue weighted by atomic mass is 19.3. The fourth-order valence-electron chi connectivity index (χ4n) is 4.33. The molecule has 0 saturated carbocycles. The van der Waals surface area contributed by atoms with Gasteiger partial charge in [0.1, 0.15) is 5.82 Å². The number of benzene rings is 1. The maximum absolute atomic E-state index is 13.7. The third-order valence-electron chi connectivity index (χ3n) is 6.01. The van der Waals surface area contributed by atoms with E-state index in [9.17, 15) is 13.6 Å². The normalized spacial score (nSPS) is 12.9. The Morgan fingerprint density at radius 2 is 1.85 bits per heavy atom. The van der Waals surface area contributed by atoms with Crippen molar-refractivity contribution in [2.45, 2.75) is 66.1 Å². The van der Waals surface area contributed by atoms with Gasteiger partial charge in [-0.05, 0) is 64.3 Å². The van der Waals surface area contributed by atoms with Crippen LogP contribution in [-0.4, -0.2) is 30.2 Å². The second-order valence-electron chi connectivity index (χ2n) is 8.62. The molecule has 0 spiro atoms. The molecule has 1 aromatic carbocycles. The first-order valence-electron chi connectivity index (χ1n) is 11.1. The van der Waals surface area contributed by atoms with Crippen LogP contribution in [-0.2, 0) is 11.2 Å². The molecule has 1 unspecified atom stereocenters. The van der Waals surface area contributed by atoms with Crippen LogP contribution < -0.4 is 5.32 Å². The van der Waals surface area contributed by atoms with Gasteiger partial charge in [-0.15, -0.1) is 0 Å². The van der Waals surface area contributed by atoms with E-state index >= 15 is 0 Å². The molecule has 1 N–H and O–H groups in total. The first kappa shape index (κ1) is 22.8. The summed E-state index contributed by atoms with van der Waals surface area (Å²) in [5, 5.41) is 8.25. The van der Waals surface area contributed by atoms with Crippen molar-refractivity contribution in [1.82, 2.24) is 29.6 Å². The Bertz CT molecular complexity index is 1320. The van der Waals surface area contributed by atoms with E-state index in [4.69, 9.17) is 4.98 Å². The van der Waals surface area contributed by atoms with Crippen molar-refractivity contribution in [2.24, 2.45) is 0 Å². The monoisotopic (exact) mass is 454 g/mol. The highest BCUT2D eigenvalue weighted by Gasteiger charge is 2.23. The van der Waals surface area contributed by atoms with Gasteiger partial charge >= 0.3 is 6.55 Å². The lowest BCUT2D eigenvalue weighted by Gasteiger charge is -2.16.